The third-order valence-electron chi connectivity index (χ3n) is 4.93. The van der Waals surface area contributed by atoms with E-state index in [1.165, 1.54) is 18.2 Å². The first-order chi connectivity index (χ1) is 13.5. The highest BCUT2D eigenvalue weighted by molar-refractivity contribution is 9.10. The Bertz CT molecular complexity index is 820. The third-order valence-corrected chi connectivity index (χ3v) is 5.42. The van der Waals surface area contributed by atoms with Crippen molar-refractivity contribution in [2.45, 2.75) is 6.04 Å². The van der Waals surface area contributed by atoms with E-state index in [-0.39, 0.29) is 17.8 Å². The van der Waals surface area contributed by atoms with E-state index in [0.717, 1.165) is 42.8 Å². The Morgan fingerprint density at radius 3 is 2.61 bits per heavy atom. The van der Waals surface area contributed by atoms with Crippen LogP contribution < -0.4 is 5.32 Å². The van der Waals surface area contributed by atoms with Crippen molar-refractivity contribution < 1.29 is 9.18 Å². The maximum absolute atomic E-state index is 13.9. The molecular formula is C22H25BrFN3O. The highest BCUT2D eigenvalue weighted by atomic mass is 79.9. The van der Waals surface area contributed by atoms with Crippen LogP contribution in [-0.4, -0.2) is 55.5 Å². The minimum Gasteiger partial charge on any atom is -0.344 e. The molecule has 4 nitrogen and oxygen atoms in total. The van der Waals surface area contributed by atoms with Crippen LogP contribution in [0.5, 0.6) is 0 Å². The molecule has 0 aromatic heterocycles. The normalized spacial score (nSPS) is 17.0. The monoisotopic (exact) mass is 445 g/mol. The molecule has 2 aromatic rings. The second kappa shape index (κ2) is 9.96. The number of carbonyl (C=O) groups excluding carboxylic acids is 1. The summed E-state index contributed by atoms with van der Waals surface area (Å²) < 4.78 is 14.6. The predicted molar refractivity (Wildman–Crippen MR) is 114 cm³/mol. The number of halogens is 2. The first-order valence-corrected chi connectivity index (χ1v) is 10.2. The standard InChI is InChI=1S/C22H25BrFN3O/c1-26-11-13-27(14-12-26)16-21(17-5-3-2-4-6-17)25-22(28)10-7-18-15-19(23)8-9-20(18)24/h2-10,15,21H,11-14,16H2,1H3,(H,25,28)/b10-7+. The highest BCUT2D eigenvalue weighted by Crippen LogP contribution is 2.18. The topological polar surface area (TPSA) is 35.6 Å². The molecule has 0 aliphatic carbocycles. The Hall–Kier alpha value is -2.02. The summed E-state index contributed by atoms with van der Waals surface area (Å²) >= 11 is 3.32. The van der Waals surface area contributed by atoms with Crippen LogP contribution in [0.1, 0.15) is 17.2 Å². The van der Waals surface area contributed by atoms with Crippen molar-refractivity contribution in [3.63, 3.8) is 0 Å². The highest BCUT2D eigenvalue weighted by Gasteiger charge is 2.20. The lowest BCUT2D eigenvalue weighted by atomic mass is 10.1. The van der Waals surface area contributed by atoms with Crippen LogP contribution >= 0.6 is 15.9 Å². The van der Waals surface area contributed by atoms with Crippen LogP contribution in [-0.2, 0) is 4.79 Å². The number of carbonyl (C=O) groups is 1. The zero-order valence-corrected chi connectivity index (χ0v) is 17.5. The molecule has 28 heavy (non-hydrogen) atoms. The van der Waals surface area contributed by atoms with Gasteiger partial charge in [-0.3, -0.25) is 9.69 Å². The van der Waals surface area contributed by atoms with Crippen molar-refractivity contribution in [2.75, 3.05) is 39.8 Å². The molecule has 1 atom stereocenters. The van der Waals surface area contributed by atoms with Gasteiger partial charge in [-0.2, -0.15) is 0 Å². The van der Waals surface area contributed by atoms with Crippen molar-refractivity contribution in [3.05, 3.63) is 76.0 Å². The Labute approximate surface area is 174 Å². The molecule has 148 valence electrons. The van der Waals surface area contributed by atoms with E-state index in [9.17, 15) is 9.18 Å². The molecule has 1 N–H and O–H groups in total. The minimum absolute atomic E-state index is 0.117. The van der Waals surface area contributed by atoms with E-state index < -0.39 is 0 Å². The summed E-state index contributed by atoms with van der Waals surface area (Å²) in [5, 5.41) is 3.08. The molecule has 0 spiro atoms. The van der Waals surface area contributed by atoms with Crippen molar-refractivity contribution in [3.8, 4) is 0 Å². The zero-order chi connectivity index (χ0) is 19.9. The molecule has 1 amide bonds. The van der Waals surface area contributed by atoms with Gasteiger partial charge in [0.1, 0.15) is 5.82 Å². The predicted octanol–water partition coefficient (Wildman–Crippen LogP) is 3.71. The fraction of sp³-hybridized carbons (Fsp3) is 0.318. The average molecular weight is 446 g/mol. The maximum atomic E-state index is 13.9. The summed E-state index contributed by atoms with van der Waals surface area (Å²) in [7, 11) is 2.12. The Kier molecular flexibility index (Phi) is 7.36. The van der Waals surface area contributed by atoms with Gasteiger partial charge < -0.3 is 10.2 Å². The average Bonchev–Trinajstić information content (AvgIpc) is 2.70. The number of rotatable bonds is 6. The molecule has 2 aromatic carbocycles. The minimum atomic E-state index is -0.357. The van der Waals surface area contributed by atoms with Crippen molar-refractivity contribution in [2.24, 2.45) is 0 Å². The van der Waals surface area contributed by atoms with E-state index in [0.29, 0.717) is 5.56 Å². The van der Waals surface area contributed by atoms with E-state index in [4.69, 9.17) is 0 Å². The smallest absolute Gasteiger partial charge is 0.244 e. The molecule has 1 saturated heterocycles. The maximum Gasteiger partial charge on any atom is 0.244 e. The summed E-state index contributed by atoms with van der Waals surface area (Å²) in [6.07, 6.45) is 2.90. The van der Waals surface area contributed by atoms with Gasteiger partial charge in [-0.1, -0.05) is 46.3 Å². The van der Waals surface area contributed by atoms with Gasteiger partial charge in [0.2, 0.25) is 5.91 Å². The van der Waals surface area contributed by atoms with Gasteiger partial charge in [0, 0.05) is 48.8 Å². The van der Waals surface area contributed by atoms with Gasteiger partial charge in [-0.15, -0.1) is 0 Å². The van der Waals surface area contributed by atoms with E-state index in [1.807, 2.05) is 30.3 Å². The lowest BCUT2D eigenvalue weighted by Crippen LogP contribution is -2.47. The van der Waals surface area contributed by atoms with Crippen molar-refractivity contribution in [1.82, 2.24) is 15.1 Å². The molecule has 3 rings (SSSR count). The van der Waals surface area contributed by atoms with Crippen LogP contribution in [0.3, 0.4) is 0 Å². The number of hydrogen-bond donors (Lipinski definition) is 1. The summed E-state index contributed by atoms with van der Waals surface area (Å²) in [6, 6.07) is 14.5. The number of nitrogens with zero attached hydrogens (tertiary/aromatic N) is 2. The van der Waals surface area contributed by atoms with Crippen LogP contribution in [0.2, 0.25) is 0 Å². The van der Waals surface area contributed by atoms with Gasteiger partial charge in [0.15, 0.2) is 0 Å². The fourth-order valence-electron chi connectivity index (χ4n) is 3.24. The van der Waals surface area contributed by atoms with Gasteiger partial charge in [0.25, 0.3) is 0 Å². The Balaban J connectivity index is 1.69. The van der Waals surface area contributed by atoms with Crippen LogP contribution in [0.25, 0.3) is 6.08 Å². The van der Waals surface area contributed by atoms with Gasteiger partial charge in [-0.25, -0.2) is 4.39 Å². The van der Waals surface area contributed by atoms with Gasteiger partial charge >= 0.3 is 0 Å². The number of benzene rings is 2. The van der Waals surface area contributed by atoms with Gasteiger partial charge in [0.05, 0.1) is 6.04 Å². The largest absolute Gasteiger partial charge is 0.344 e. The lowest BCUT2D eigenvalue weighted by molar-refractivity contribution is -0.117. The van der Waals surface area contributed by atoms with E-state index >= 15 is 0 Å². The molecule has 1 unspecified atom stereocenters. The quantitative estimate of drug-likeness (QED) is 0.688. The summed E-state index contributed by atoms with van der Waals surface area (Å²) in [5.41, 5.74) is 1.44. The van der Waals surface area contributed by atoms with Crippen LogP contribution in [0.4, 0.5) is 4.39 Å². The lowest BCUT2D eigenvalue weighted by Gasteiger charge is -2.34. The van der Waals surface area contributed by atoms with Crippen molar-refractivity contribution in [1.29, 1.82) is 0 Å². The molecular weight excluding hydrogens is 421 g/mol. The Morgan fingerprint density at radius 1 is 1.18 bits per heavy atom. The zero-order valence-electron chi connectivity index (χ0n) is 15.9. The molecule has 1 aliphatic rings. The number of nitrogens with one attached hydrogen (secondary N) is 1. The number of amides is 1. The SMILES string of the molecule is CN1CCN(CC(NC(=O)/C=C/c2cc(Br)ccc2F)c2ccccc2)CC1. The molecule has 0 bridgehead atoms. The Morgan fingerprint density at radius 2 is 1.89 bits per heavy atom. The fourth-order valence-corrected chi connectivity index (χ4v) is 3.61. The summed E-state index contributed by atoms with van der Waals surface area (Å²) in [4.78, 5) is 17.2. The third kappa shape index (κ3) is 5.99. The first kappa shape index (κ1) is 20.7. The molecule has 0 radical (unpaired) electrons. The van der Waals surface area contributed by atoms with E-state index in [2.05, 4.69) is 38.1 Å². The molecule has 6 heteroatoms. The second-order valence-electron chi connectivity index (χ2n) is 7.07. The van der Waals surface area contributed by atoms with E-state index in [1.54, 1.807) is 12.1 Å². The second-order valence-corrected chi connectivity index (χ2v) is 7.99. The summed E-state index contributed by atoms with van der Waals surface area (Å²) in [6.45, 7) is 4.77. The van der Waals surface area contributed by atoms with Crippen molar-refractivity contribution >= 4 is 27.9 Å². The van der Waals surface area contributed by atoms with Gasteiger partial charge in [-0.05, 0) is 36.9 Å². The molecule has 0 saturated carbocycles. The van der Waals surface area contributed by atoms with Crippen LogP contribution in [0, 0.1) is 5.82 Å². The summed E-state index contributed by atoms with van der Waals surface area (Å²) in [5.74, 6) is -0.591. The number of likely N-dealkylation sites (N-methyl/N-ethyl adjacent to an activating group) is 1. The first-order valence-electron chi connectivity index (χ1n) is 9.41. The number of hydrogen-bond acceptors (Lipinski definition) is 3. The molecule has 1 heterocycles. The number of piperazine rings is 1. The molecule has 1 aliphatic heterocycles. The molecule has 1 fully saturated rings. The van der Waals surface area contributed by atoms with Crippen LogP contribution in [0.15, 0.2) is 59.1 Å².